The van der Waals surface area contributed by atoms with Crippen LogP contribution in [0, 0.1) is 0 Å². The molecule has 0 bridgehead atoms. The molecule has 0 radical (unpaired) electrons. The number of hydrogen-bond donors (Lipinski definition) is 2. The van der Waals surface area contributed by atoms with E-state index in [1.54, 1.807) is 24.3 Å². The fourth-order valence-corrected chi connectivity index (χ4v) is 4.57. The van der Waals surface area contributed by atoms with Crippen molar-refractivity contribution < 1.29 is 13.5 Å². The van der Waals surface area contributed by atoms with E-state index in [0.717, 1.165) is 32.4 Å². The molecule has 3 rings (SSSR count). The first-order chi connectivity index (χ1) is 9.60. The summed E-state index contributed by atoms with van der Waals surface area (Å²) in [6, 6.07) is 6.78. The van der Waals surface area contributed by atoms with Gasteiger partial charge >= 0.3 is 0 Å². The van der Waals surface area contributed by atoms with Crippen LogP contribution in [-0.4, -0.2) is 43.6 Å². The molecule has 0 spiro atoms. The number of fused-ring (bicyclic) bond motifs is 1. The van der Waals surface area contributed by atoms with E-state index in [1.807, 2.05) is 0 Å². The standard InChI is InChI=1S/C14H20N2O3S/c17-10-11-3-5-12(6-4-11)20(18,19)15-13-7-9-16-8-1-2-14(13)16/h3-6,13-15,17H,1-2,7-10H2. The van der Waals surface area contributed by atoms with Crippen molar-refractivity contribution in [1.29, 1.82) is 0 Å². The number of nitrogens with one attached hydrogen (secondary N) is 1. The Morgan fingerprint density at radius 1 is 1.20 bits per heavy atom. The van der Waals surface area contributed by atoms with Crippen LogP contribution in [0.5, 0.6) is 0 Å². The molecule has 0 aromatic heterocycles. The number of sulfonamides is 1. The summed E-state index contributed by atoms with van der Waals surface area (Å²) in [5.41, 5.74) is 0.715. The molecule has 110 valence electrons. The second kappa shape index (κ2) is 5.44. The maximum atomic E-state index is 12.4. The first-order valence-corrected chi connectivity index (χ1v) is 8.55. The predicted molar refractivity (Wildman–Crippen MR) is 75.7 cm³/mol. The zero-order valence-corrected chi connectivity index (χ0v) is 12.1. The molecule has 0 saturated carbocycles. The Bertz CT molecular complexity index is 571. The van der Waals surface area contributed by atoms with Gasteiger partial charge in [0.2, 0.25) is 10.0 Å². The lowest BCUT2D eigenvalue weighted by atomic mass is 10.1. The number of rotatable bonds is 4. The molecular formula is C14H20N2O3S. The van der Waals surface area contributed by atoms with Crippen molar-refractivity contribution in [3.05, 3.63) is 29.8 Å². The van der Waals surface area contributed by atoms with Crippen molar-refractivity contribution in [2.45, 2.75) is 42.8 Å². The normalized spacial score (nSPS) is 26.9. The van der Waals surface area contributed by atoms with Crippen molar-refractivity contribution in [1.82, 2.24) is 9.62 Å². The van der Waals surface area contributed by atoms with Crippen LogP contribution >= 0.6 is 0 Å². The minimum atomic E-state index is -3.47. The fourth-order valence-electron chi connectivity index (χ4n) is 3.26. The van der Waals surface area contributed by atoms with Gasteiger partial charge in [0.1, 0.15) is 0 Å². The van der Waals surface area contributed by atoms with Crippen LogP contribution in [0.4, 0.5) is 0 Å². The van der Waals surface area contributed by atoms with Gasteiger partial charge in [-0.05, 0) is 43.5 Å². The molecule has 2 unspecified atom stereocenters. The topological polar surface area (TPSA) is 69.6 Å². The van der Waals surface area contributed by atoms with E-state index in [4.69, 9.17) is 5.11 Å². The smallest absolute Gasteiger partial charge is 0.240 e. The Labute approximate surface area is 119 Å². The minimum absolute atomic E-state index is 0.0278. The van der Waals surface area contributed by atoms with E-state index in [1.165, 1.54) is 0 Å². The van der Waals surface area contributed by atoms with E-state index in [9.17, 15) is 8.42 Å². The molecule has 2 heterocycles. The molecule has 2 aliphatic rings. The summed E-state index contributed by atoms with van der Waals surface area (Å²) in [7, 11) is -3.47. The van der Waals surface area contributed by atoms with Crippen LogP contribution in [0.2, 0.25) is 0 Å². The maximum Gasteiger partial charge on any atom is 0.240 e. The number of aliphatic hydroxyl groups excluding tert-OH is 1. The van der Waals surface area contributed by atoms with Gasteiger partial charge in [-0.15, -0.1) is 0 Å². The molecule has 2 N–H and O–H groups in total. The molecule has 2 atom stereocenters. The molecule has 20 heavy (non-hydrogen) atoms. The van der Waals surface area contributed by atoms with Gasteiger partial charge in [-0.25, -0.2) is 13.1 Å². The van der Waals surface area contributed by atoms with E-state index in [2.05, 4.69) is 9.62 Å². The number of aliphatic hydroxyl groups is 1. The Hall–Kier alpha value is -0.950. The third kappa shape index (κ3) is 2.61. The van der Waals surface area contributed by atoms with E-state index in [0.29, 0.717) is 11.6 Å². The van der Waals surface area contributed by atoms with Crippen molar-refractivity contribution >= 4 is 10.0 Å². The number of benzene rings is 1. The maximum absolute atomic E-state index is 12.4. The predicted octanol–water partition coefficient (Wildman–Crippen LogP) is 0.694. The van der Waals surface area contributed by atoms with Gasteiger partial charge in [0.25, 0.3) is 0 Å². The Morgan fingerprint density at radius 2 is 1.95 bits per heavy atom. The third-order valence-corrected chi connectivity index (χ3v) is 5.83. The lowest BCUT2D eigenvalue weighted by Crippen LogP contribution is -2.42. The van der Waals surface area contributed by atoms with Gasteiger partial charge in [-0.3, -0.25) is 4.90 Å². The summed E-state index contributed by atoms with van der Waals surface area (Å²) < 4.78 is 27.6. The molecule has 2 aliphatic heterocycles. The Morgan fingerprint density at radius 3 is 2.65 bits per heavy atom. The molecule has 5 nitrogen and oxygen atoms in total. The van der Waals surface area contributed by atoms with Crippen LogP contribution < -0.4 is 4.72 Å². The largest absolute Gasteiger partial charge is 0.392 e. The highest BCUT2D eigenvalue weighted by Gasteiger charge is 2.39. The lowest BCUT2D eigenvalue weighted by Gasteiger charge is -2.21. The fraction of sp³-hybridized carbons (Fsp3) is 0.571. The van der Waals surface area contributed by atoms with Crippen LogP contribution in [0.1, 0.15) is 24.8 Å². The zero-order valence-electron chi connectivity index (χ0n) is 11.3. The van der Waals surface area contributed by atoms with Gasteiger partial charge in [-0.2, -0.15) is 0 Å². The van der Waals surface area contributed by atoms with Crippen molar-refractivity contribution in [2.75, 3.05) is 13.1 Å². The molecule has 0 aliphatic carbocycles. The van der Waals surface area contributed by atoms with Crippen molar-refractivity contribution in [2.24, 2.45) is 0 Å². The van der Waals surface area contributed by atoms with Crippen molar-refractivity contribution in [3.63, 3.8) is 0 Å². The highest BCUT2D eigenvalue weighted by Crippen LogP contribution is 2.28. The summed E-state index contributed by atoms with van der Waals surface area (Å²) in [5.74, 6) is 0. The average Bonchev–Trinajstić information content (AvgIpc) is 3.04. The molecular weight excluding hydrogens is 276 g/mol. The first kappa shape index (κ1) is 14.0. The van der Waals surface area contributed by atoms with Gasteiger partial charge in [0.15, 0.2) is 0 Å². The Balaban J connectivity index is 1.74. The van der Waals surface area contributed by atoms with Gasteiger partial charge in [0, 0.05) is 18.6 Å². The molecule has 2 fully saturated rings. The average molecular weight is 296 g/mol. The van der Waals surface area contributed by atoms with Crippen LogP contribution in [0.25, 0.3) is 0 Å². The second-order valence-electron chi connectivity index (χ2n) is 5.56. The summed E-state index contributed by atoms with van der Waals surface area (Å²) in [6.07, 6.45) is 3.13. The SMILES string of the molecule is O=S(=O)(NC1CCN2CCCC12)c1ccc(CO)cc1. The van der Waals surface area contributed by atoms with Crippen molar-refractivity contribution in [3.8, 4) is 0 Å². The van der Waals surface area contributed by atoms with E-state index >= 15 is 0 Å². The highest BCUT2D eigenvalue weighted by atomic mass is 32.2. The summed E-state index contributed by atoms with van der Waals surface area (Å²) >= 11 is 0. The second-order valence-corrected chi connectivity index (χ2v) is 7.28. The number of hydrogen-bond acceptors (Lipinski definition) is 4. The minimum Gasteiger partial charge on any atom is -0.392 e. The zero-order chi connectivity index (χ0) is 14.2. The molecule has 1 aromatic rings. The van der Waals surface area contributed by atoms with E-state index < -0.39 is 10.0 Å². The summed E-state index contributed by atoms with van der Waals surface area (Å²) in [5, 5.41) is 8.99. The van der Waals surface area contributed by atoms with Gasteiger partial charge < -0.3 is 5.11 Å². The highest BCUT2D eigenvalue weighted by molar-refractivity contribution is 7.89. The molecule has 1 aromatic carbocycles. The van der Waals surface area contributed by atoms with Crippen LogP contribution in [0.3, 0.4) is 0 Å². The molecule has 2 saturated heterocycles. The number of nitrogens with zero attached hydrogens (tertiary/aromatic N) is 1. The monoisotopic (exact) mass is 296 g/mol. The third-order valence-electron chi connectivity index (χ3n) is 4.33. The van der Waals surface area contributed by atoms with Gasteiger partial charge in [-0.1, -0.05) is 12.1 Å². The molecule has 0 amide bonds. The summed E-state index contributed by atoms with van der Waals surface area (Å²) in [4.78, 5) is 2.65. The molecule has 6 heteroatoms. The van der Waals surface area contributed by atoms with E-state index in [-0.39, 0.29) is 17.5 Å². The van der Waals surface area contributed by atoms with Gasteiger partial charge in [0.05, 0.1) is 11.5 Å². The quantitative estimate of drug-likeness (QED) is 0.858. The Kier molecular flexibility index (Phi) is 3.81. The first-order valence-electron chi connectivity index (χ1n) is 7.06. The summed E-state index contributed by atoms with van der Waals surface area (Å²) in [6.45, 7) is 2.00. The lowest BCUT2D eigenvalue weighted by molar-refractivity contribution is 0.282. The van der Waals surface area contributed by atoms with Crippen LogP contribution in [-0.2, 0) is 16.6 Å². The van der Waals surface area contributed by atoms with Crippen LogP contribution in [0.15, 0.2) is 29.2 Å².